The molecule has 1 aromatic carbocycles. The predicted molar refractivity (Wildman–Crippen MR) is 147 cm³/mol. The van der Waals surface area contributed by atoms with Gasteiger partial charge in [-0.1, -0.05) is 18.2 Å². The third kappa shape index (κ3) is 5.08. The van der Waals surface area contributed by atoms with Gasteiger partial charge in [0.05, 0.1) is 7.11 Å². The van der Waals surface area contributed by atoms with Crippen molar-refractivity contribution in [2.45, 2.75) is 77.4 Å². The third-order valence-electron chi connectivity index (χ3n) is 8.51. The maximum atomic E-state index is 13.5. The molecule has 202 valence electrons. The summed E-state index contributed by atoms with van der Waals surface area (Å²) >= 11 is 0. The molecule has 0 bridgehead atoms. The van der Waals surface area contributed by atoms with Gasteiger partial charge in [0.15, 0.2) is 0 Å². The van der Waals surface area contributed by atoms with Gasteiger partial charge in [0, 0.05) is 47.7 Å². The van der Waals surface area contributed by atoms with Crippen LogP contribution in [-0.4, -0.2) is 47.8 Å². The minimum atomic E-state index is -0.934. The zero-order chi connectivity index (χ0) is 26.9. The van der Waals surface area contributed by atoms with E-state index < -0.39 is 6.09 Å². The number of aryl methyl sites for hydroxylation is 2. The van der Waals surface area contributed by atoms with E-state index in [2.05, 4.69) is 51.7 Å². The standard InChI is InChI=1S/C30H38N4O4/c1-4-34(22-16-30(17-22)14-21(15-30)33-29(36)37)26-12-8-11-24-23(26)10-7-5-6-9-20-13-19(2)32-28(38-3)25(20)18-31-27(24)35/h5,7-8,11-13,21-22,33H,4,6,9-10,14-18H2,1-3H3,(H,31,35)(H,36,37)/b7-5-. The SMILES string of the molecule is CCN(c1cccc2c1C/C=C\CCc1cc(C)nc(OC)c1CNC2=O)C1CC2(CC(NC(=O)O)C2)C1. The Hall–Kier alpha value is -3.55. The van der Waals surface area contributed by atoms with E-state index in [1.54, 1.807) is 7.11 Å². The molecule has 2 saturated carbocycles. The lowest BCUT2D eigenvalue weighted by molar-refractivity contribution is -0.0183. The quantitative estimate of drug-likeness (QED) is 0.492. The van der Waals surface area contributed by atoms with E-state index in [-0.39, 0.29) is 17.4 Å². The van der Waals surface area contributed by atoms with Gasteiger partial charge in [-0.15, -0.1) is 0 Å². The van der Waals surface area contributed by atoms with Crippen LogP contribution in [0.25, 0.3) is 0 Å². The van der Waals surface area contributed by atoms with E-state index in [1.807, 2.05) is 19.1 Å². The summed E-state index contributed by atoms with van der Waals surface area (Å²) in [7, 11) is 1.62. The van der Waals surface area contributed by atoms with Crippen LogP contribution in [0.15, 0.2) is 36.4 Å². The molecular formula is C30H38N4O4. The van der Waals surface area contributed by atoms with Crippen molar-refractivity contribution < 1.29 is 19.4 Å². The minimum Gasteiger partial charge on any atom is -0.481 e. The van der Waals surface area contributed by atoms with Crippen LogP contribution in [0.5, 0.6) is 5.88 Å². The highest BCUT2D eigenvalue weighted by molar-refractivity contribution is 5.97. The molecular weight excluding hydrogens is 480 g/mol. The minimum absolute atomic E-state index is 0.0812. The maximum Gasteiger partial charge on any atom is 0.404 e. The molecule has 2 heterocycles. The predicted octanol–water partition coefficient (Wildman–Crippen LogP) is 4.78. The Morgan fingerprint density at radius 3 is 2.74 bits per heavy atom. The molecule has 1 spiro atoms. The second kappa shape index (κ2) is 10.7. The van der Waals surface area contributed by atoms with Gasteiger partial charge in [-0.25, -0.2) is 9.78 Å². The smallest absolute Gasteiger partial charge is 0.404 e. The van der Waals surface area contributed by atoms with Crippen molar-refractivity contribution in [1.82, 2.24) is 15.6 Å². The highest BCUT2D eigenvalue weighted by atomic mass is 16.5. The largest absolute Gasteiger partial charge is 0.481 e. The Bertz CT molecular complexity index is 1240. The number of rotatable bonds is 5. The molecule has 3 aliphatic rings. The number of methoxy groups -OCH3 is 1. The summed E-state index contributed by atoms with van der Waals surface area (Å²) in [6, 6.07) is 8.61. The Balaban J connectivity index is 1.38. The average molecular weight is 519 g/mol. The monoisotopic (exact) mass is 518 g/mol. The molecule has 38 heavy (non-hydrogen) atoms. The van der Waals surface area contributed by atoms with Crippen molar-refractivity contribution in [3.05, 3.63) is 64.4 Å². The van der Waals surface area contributed by atoms with E-state index >= 15 is 0 Å². The molecule has 0 saturated heterocycles. The number of nitrogens with one attached hydrogen (secondary N) is 2. The summed E-state index contributed by atoms with van der Waals surface area (Å²) in [6.45, 7) is 5.36. The van der Waals surface area contributed by atoms with Crippen LogP contribution in [0.4, 0.5) is 10.5 Å². The van der Waals surface area contributed by atoms with Crippen molar-refractivity contribution in [1.29, 1.82) is 0 Å². The van der Waals surface area contributed by atoms with E-state index in [1.165, 1.54) is 0 Å². The summed E-state index contributed by atoms with van der Waals surface area (Å²) in [4.78, 5) is 31.5. The lowest BCUT2D eigenvalue weighted by Gasteiger charge is -2.60. The molecule has 8 heteroatoms. The molecule has 1 aliphatic heterocycles. The van der Waals surface area contributed by atoms with Gasteiger partial charge >= 0.3 is 6.09 Å². The van der Waals surface area contributed by atoms with E-state index in [9.17, 15) is 9.59 Å². The lowest BCUT2D eigenvalue weighted by atomic mass is 9.51. The Labute approximate surface area is 224 Å². The fourth-order valence-electron chi connectivity index (χ4n) is 6.79. The summed E-state index contributed by atoms with van der Waals surface area (Å²) in [6.07, 6.45) is 9.89. The molecule has 0 unspecified atom stereocenters. The number of carbonyl (C=O) groups excluding carboxylic acids is 1. The fourth-order valence-corrected chi connectivity index (χ4v) is 6.79. The van der Waals surface area contributed by atoms with Crippen LogP contribution in [0.1, 0.15) is 71.8 Å². The number of anilines is 1. The van der Waals surface area contributed by atoms with Gasteiger partial charge < -0.3 is 25.4 Å². The average Bonchev–Trinajstić information content (AvgIpc) is 2.84. The number of amides is 2. The molecule has 0 atom stereocenters. The van der Waals surface area contributed by atoms with Crippen molar-refractivity contribution in [3.63, 3.8) is 0 Å². The molecule has 2 aromatic rings. The Morgan fingerprint density at radius 2 is 2.03 bits per heavy atom. The highest BCUT2D eigenvalue weighted by Crippen LogP contribution is 2.57. The number of fused-ring (bicyclic) bond motifs is 2. The first-order valence-corrected chi connectivity index (χ1v) is 13.7. The highest BCUT2D eigenvalue weighted by Gasteiger charge is 2.54. The number of carbonyl (C=O) groups is 2. The van der Waals surface area contributed by atoms with Crippen LogP contribution in [0.2, 0.25) is 0 Å². The first-order chi connectivity index (χ1) is 18.3. The molecule has 3 N–H and O–H groups in total. The molecule has 2 aliphatic carbocycles. The van der Waals surface area contributed by atoms with Gasteiger partial charge in [0.1, 0.15) is 0 Å². The number of benzene rings is 1. The topological polar surface area (TPSA) is 104 Å². The van der Waals surface area contributed by atoms with Crippen molar-refractivity contribution in [2.75, 3.05) is 18.6 Å². The third-order valence-corrected chi connectivity index (χ3v) is 8.51. The number of aromatic nitrogens is 1. The van der Waals surface area contributed by atoms with Crippen LogP contribution in [0, 0.1) is 12.3 Å². The van der Waals surface area contributed by atoms with Gasteiger partial charge in [-0.2, -0.15) is 0 Å². The van der Waals surface area contributed by atoms with Crippen LogP contribution in [-0.2, 0) is 19.4 Å². The van der Waals surface area contributed by atoms with Crippen LogP contribution >= 0.6 is 0 Å². The first kappa shape index (κ1) is 26.1. The Morgan fingerprint density at radius 1 is 1.24 bits per heavy atom. The van der Waals surface area contributed by atoms with Gasteiger partial charge in [-0.3, -0.25) is 4.79 Å². The maximum absolute atomic E-state index is 13.5. The molecule has 5 rings (SSSR count). The normalized spacial score (nSPS) is 25.3. The number of nitrogens with zero attached hydrogens (tertiary/aromatic N) is 2. The molecule has 1 aromatic heterocycles. The van der Waals surface area contributed by atoms with Crippen molar-refractivity contribution in [3.8, 4) is 5.88 Å². The van der Waals surface area contributed by atoms with E-state index in [4.69, 9.17) is 9.84 Å². The second-order valence-corrected chi connectivity index (χ2v) is 11.0. The fraction of sp³-hybridized carbons (Fsp3) is 0.500. The van der Waals surface area contributed by atoms with Crippen molar-refractivity contribution in [2.24, 2.45) is 5.41 Å². The zero-order valence-electron chi connectivity index (χ0n) is 22.5. The summed E-state index contributed by atoms with van der Waals surface area (Å²) in [5.74, 6) is 0.482. The molecule has 2 fully saturated rings. The number of pyridine rings is 1. The number of carboxylic acid groups (broad SMARTS) is 1. The van der Waals surface area contributed by atoms with Gasteiger partial charge in [0.2, 0.25) is 5.88 Å². The van der Waals surface area contributed by atoms with Crippen LogP contribution < -0.4 is 20.3 Å². The summed E-state index contributed by atoms with van der Waals surface area (Å²) < 4.78 is 5.57. The van der Waals surface area contributed by atoms with Crippen molar-refractivity contribution >= 4 is 17.7 Å². The first-order valence-electron chi connectivity index (χ1n) is 13.7. The van der Waals surface area contributed by atoms with Gasteiger partial charge in [-0.05, 0) is 93.5 Å². The molecule has 0 radical (unpaired) electrons. The van der Waals surface area contributed by atoms with E-state index in [0.29, 0.717) is 30.5 Å². The molecule has 8 nitrogen and oxygen atoms in total. The molecule has 2 amide bonds. The number of hydrogen-bond donors (Lipinski definition) is 3. The number of allylic oxidation sites excluding steroid dienone is 2. The van der Waals surface area contributed by atoms with Crippen LogP contribution in [0.3, 0.4) is 0 Å². The second-order valence-electron chi connectivity index (χ2n) is 11.0. The van der Waals surface area contributed by atoms with Gasteiger partial charge in [0.25, 0.3) is 5.91 Å². The summed E-state index contributed by atoms with van der Waals surface area (Å²) in [5, 5.41) is 14.8. The number of ether oxygens (including phenoxy) is 1. The lowest BCUT2D eigenvalue weighted by Crippen LogP contribution is -2.61. The Kier molecular flexibility index (Phi) is 7.32. The summed E-state index contributed by atoms with van der Waals surface area (Å²) in [5.41, 5.74) is 6.14. The van der Waals surface area contributed by atoms with E-state index in [0.717, 1.165) is 73.1 Å². The number of hydrogen-bond acceptors (Lipinski definition) is 5. The zero-order valence-corrected chi connectivity index (χ0v) is 22.5.